The molecule has 2 unspecified atom stereocenters. The van der Waals surface area contributed by atoms with Crippen LogP contribution in [0.3, 0.4) is 0 Å². The Morgan fingerprint density at radius 3 is 2.94 bits per heavy atom. The third-order valence-corrected chi connectivity index (χ3v) is 7.21. The minimum Gasteiger partial charge on any atom is -0.490 e. The number of rotatable bonds is 7. The van der Waals surface area contributed by atoms with Crippen molar-refractivity contribution in [3.63, 3.8) is 0 Å². The van der Waals surface area contributed by atoms with E-state index in [2.05, 4.69) is 35.5 Å². The van der Waals surface area contributed by atoms with Crippen molar-refractivity contribution in [1.82, 2.24) is 5.32 Å². The number of benzene rings is 2. The van der Waals surface area contributed by atoms with Crippen molar-refractivity contribution in [3.8, 4) is 11.8 Å². The standard InChI is InChI=1S/C25H27N3O2S/c1-16(2)30-23-10-7-17(13-18(23)14-26)25-28-15-24(31(25)3)21-6-4-5-20-19(21)8-9-22(20)27-11-12-29/h4-7,10,13,15-16,22,27,29H,3,8-9,11-12H2,1-2H3. The first-order valence-corrected chi connectivity index (χ1v) is 11.9. The quantitative estimate of drug-likeness (QED) is 0.636. The van der Waals surface area contributed by atoms with Gasteiger partial charge in [-0.2, -0.15) is 5.26 Å². The maximum Gasteiger partial charge on any atom is 0.137 e. The van der Waals surface area contributed by atoms with Crippen LogP contribution in [-0.2, 0) is 6.42 Å². The zero-order valence-corrected chi connectivity index (χ0v) is 18.7. The minimum absolute atomic E-state index is 0.00775. The van der Waals surface area contributed by atoms with E-state index in [1.165, 1.54) is 16.7 Å². The molecular formula is C25H27N3O2S. The fraction of sp³-hybridized carbons (Fsp3) is 0.320. The number of aliphatic hydroxyl groups excluding tert-OH is 1. The maximum atomic E-state index is 9.57. The monoisotopic (exact) mass is 433 g/mol. The molecule has 2 N–H and O–H groups in total. The molecule has 2 atom stereocenters. The molecular weight excluding hydrogens is 406 g/mol. The van der Waals surface area contributed by atoms with Crippen molar-refractivity contribution >= 4 is 26.3 Å². The summed E-state index contributed by atoms with van der Waals surface area (Å²) in [7, 11) is -0.436. The summed E-state index contributed by atoms with van der Waals surface area (Å²) < 4.78 is 5.75. The van der Waals surface area contributed by atoms with E-state index in [0.29, 0.717) is 17.9 Å². The molecule has 0 fully saturated rings. The van der Waals surface area contributed by atoms with Crippen LogP contribution in [0.4, 0.5) is 0 Å². The first-order chi connectivity index (χ1) is 15.0. The summed E-state index contributed by atoms with van der Waals surface area (Å²) in [5.41, 5.74) is 5.28. The highest BCUT2D eigenvalue weighted by Crippen LogP contribution is 2.45. The van der Waals surface area contributed by atoms with Gasteiger partial charge in [0.25, 0.3) is 0 Å². The Bertz CT molecular complexity index is 1130. The average Bonchev–Trinajstić information content (AvgIpc) is 3.35. The summed E-state index contributed by atoms with van der Waals surface area (Å²) in [4.78, 5) is 5.85. The molecule has 2 aromatic carbocycles. The van der Waals surface area contributed by atoms with E-state index in [9.17, 15) is 5.26 Å². The molecule has 0 bridgehead atoms. The summed E-state index contributed by atoms with van der Waals surface area (Å²) in [6.07, 6.45) is 3.97. The van der Waals surface area contributed by atoms with E-state index < -0.39 is 10.5 Å². The number of hydrogen-bond acceptors (Lipinski definition) is 5. The van der Waals surface area contributed by atoms with Gasteiger partial charge in [-0.15, -0.1) is 10.5 Å². The molecule has 0 spiro atoms. The highest BCUT2D eigenvalue weighted by Gasteiger charge is 2.27. The van der Waals surface area contributed by atoms with Crippen molar-refractivity contribution < 1.29 is 9.84 Å². The Labute approximate surface area is 186 Å². The summed E-state index contributed by atoms with van der Waals surface area (Å²) in [6, 6.07) is 14.6. The van der Waals surface area contributed by atoms with Gasteiger partial charge >= 0.3 is 0 Å². The topological polar surface area (TPSA) is 77.6 Å². The van der Waals surface area contributed by atoms with Crippen molar-refractivity contribution in [2.24, 2.45) is 4.99 Å². The van der Waals surface area contributed by atoms with Crippen LogP contribution in [0.1, 0.15) is 54.1 Å². The molecule has 0 saturated carbocycles. The van der Waals surface area contributed by atoms with Crippen LogP contribution in [0, 0.1) is 11.3 Å². The largest absolute Gasteiger partial charge is 0.490 e. The minimum atomic E-state index is -0.436. The van der Waals surface area contributed by atoms with Crippen LogP contribution >= 0.6 is 10.5 Å². The molecule has 4 rings (SSSR count). The Kier molecular flexibility index (Phi) is 6.38. The fourth-order valence-corrected chi connectivity index (χ4v) is 5.65. The molecule has 0 saturated heterocycles. The van der Waals surface area contributed by atoms with Crippen molar-refractivity contribution in [3.05, 3.63) is 70.4 Å². The lowest BCUT2D eigenvalue weighted by Crippen LogP contribution is -2.22. The zero-order valence-electron chi connectivity index (χ0n) is 17.9. The van der Waals surface area contributed by atoms with Crippen molar-refractivity contribution in [1.29, 1.82) is 5.26 Å². The number of nitriles is 1. The van der Waals surface area contributed by atoms with E-state index in [-0.39, 0.29) is 18.8 Å². The Morgan fingerprint density at radius 2 is 2.19 bits per heavy atom. The lowest BCUT2D eigenvalue weighted by molar-refractivity contribution is 0.241. The predicted octanol–water partition coefficient (Wildman–Crippen LogP) is 4.37. The molecule has 1 aliphatic heterocycles. The SMILES string of the molecule is C=S1C(c2cccc3c2CCC3NCCO)=CN=C1c1ccc(OC(C)C)c(C#N)c1. The van der Waals surface area contributed by atoms with Crippen molar-refractivity contribution in [2.45, 2.75) is 38.8 Å². The molecule has 1 aliphatic carbocycles. The normalized spacial score (nSPS) is 19.7. The second kappa shape index (κ2) is 9.19. The summed E-state index contributed by atoms with van der Waals surface area (Å²) in [5, 5.41) is 23.0. The highest BCUT2D eigenvalue weighted by atomic mass is 32.2. The van der Waals surface area contributed by atoms with Gasteiger partial charge in [0.05, 0.1) is 18.3 Å². The summed E-state index contributed by atoms with van der Waals surface area (Å²) in [5.74, 6) is 5.04. The van der Waals surface area contributed by atoms with Gasteiger partial charge in [-0.3, -0.25) is 0 Å². The number of ether oxygens (including phenoxy) is 1. The average molecular weight is 434 g/mol. The van der Waals surface area contributed by atoms with E-state index in [4.69, 9.17) is 14.8 Å². The molecule has 2 aliphatic rings. The molecule has 31 heavy (non-hydrogen) atoms. The Morgan fingerprint density at radius 1 is 1.35 bits per heavy atom. The van der Waals surface area contributed by atoms with Gasteiger partial charge in [0.2, 0.25) is 0 Å². The van der Waals surface area contributed by atoms with Crippen LogP contribution in [-0.4, -0.2) is 35.3 Å². The van der Waals surface area contributed by atoms with Gasteiger partial charge in [-0.05, 0) is 61.6 Å². The number of aliphatic imine (C=N–C) groups is 1. The van der Waals surface area contributed by atoms with E-state index >= 15 is 0 Å². The van der Waals surface area contributed by atoms with E-state index in [1.807, 2.05) is 38.2 Å². The fourth-order valence-electron chi connectivity index (χ4n) is 4.21. The molecule has 0 amide bonds. The zero-order chi connectivity index (χ0) is 22.0. The Hall–Kier alpha value is -2.72. The molecule has 5 nitrogen and oxygen atoms in total. The molecule has 0 aromatic heterocycles. The number of fused-ring (bicyclic) bond motifs is 1. The first-order valence-electron chi connectivity index (χ1n) is 10.5. The van der Waals surface area contributed by atoms with Crippen LogP contribution in [0.15, 0.2) is 47.6 Å². The number of nitrogens with one attached hydrogen (secondary N) is 1. The first kappa shape index (κ1) is 21.5. The second-order valence-corrected chi connectivity index (χ2v) is 9.56. The third kappa shape index (κ3) is 4.22. The lowest BCUT2D eigenvalue weighted by Gasteiger charge is -2.16. The van der Waals surface area contributed by atoms with Crippen LogP contribution in [0.25, 0.3) is 4.91 Å². The summed E-state index contributed by atoms with van der Waals surface area (Å²) in [6.45, 7) is 4.63. The van der Waals surface area contributed by atoms with Gasteiger partial charge in [-0.1, -0.05) is 24.1 Å². The van der Waals surface area contributed by atoms with E-state index in [0.717, 1.165) is 28.4 Å². The predicted molar refractivity (Wildman–Crippen MR) is 129 cm³/mol. The van der Waals surface area contributed by atoms with E-state index in [1.54, 1.807) is 0 Å². The van der Waals surface area contributed by atoms with Gasteiger partial charge < -0.3 is 15.2 Å². The lowest BCUT2D eigenvalue weighted by atomic mass is 10.0. The molecule has 1 heterocycles. The Balaban J connectivity index is 1.60. The van der Waals surface area contributed by atoms with Crippen LogP contribution < -0.4 is 10.1 Å². The van der Waals surface area contributed by atoms with Crippen molar-refractivity contribution in [2.75, 3.05) is 13.2 Å². The van der Waals surface area contributed by atoms with Crippen LogP contribution in [0.2, 0.25) is 0 Å². The second-order valence-electron chi connectivity index (χ2n) is 7.95. The third-order valence-electron chi connectivity index (χ3n) is 5.55. The molecule has 2 aromatic rings. The number of nitrogens with zero attached hydrogens (tertiary/aromatic N) is 2. The summed E-state index contributed by atoms with van der Waals surface area (Å²) >= 11 is 0. The number of hydrogen-bond donors (Lipinski definition) is 2. The van der Waals surface area contributed by atoms with Gasteiger partial charge in [0.1, 0.15) is 16.9 Å². The smallest absolute Gasteiger partial charge is 0.137 e. The van der Waals surface area contributed by atoms with Gasteiger partial charge in [0, 0.05) is 29.3 Å². The molecule has 0 radical (unpaired) electrons. The molecule has 6 heteroatoms. The van der Waals surface area contributed by atoms with Crippen LogP contribution in [0.5, 0.6) is 5.75 Å². The number of aliphatic hydroxyl groups is 1. The van der Waals surface area contributed by atoms with Gasteiger partial charge in [-0.25, -0.2) is 4.99 Å². The molecule has 160 valence electrons. The maximum absolute atomic E-state index is 9.57. The van der Waals surface area contributed by atoms with Gasteiger partial charge in [0.15, 0.2) is 0 Å². The highest BCUT2D eigenvalue weighted by molar-refractivity contribution is 8.34.